The van der Waals surface area contributed by atoms with Gasteiger partial charge < -0.3 is 19.4 Å². The van der Waals surface area contributed by atoms with Gasteiger partial charge in [-0.3, -0.25) is 9.36 Å². The van der Waals surface area contributed by atoms with E-state index in [0.717, 1.165) is 16.3 Å². The van der Waals surface area contributed by atoms with E-state index in [1.807, 2.05) is 32.0 Å². The van der Waals surface area contributed by atoms with E-state index < -0.39 is 5.69 Å². The molecule has 10 heteroatoms. The summed E-state index contributed by atoms with van der Waals surface area (Å²) in [6.07, 6.45) is 1.53. The second kappa shape index (κ2) is 8.80. The molecule has 1 saturated heterocycles. The normalized spacial score (nSPS) is 14.1. The fourth-order valence-electron chi connectivity index (χ4n) is 3.84. The molecule has 5 rings (SSSR count). The van der Waals surface area contributed by atoms with Crippen molar-refractivity contribution in [2.45, 2.75) is 20.4 Å². The molecule has 9 nitrogen and oxygen atoms in total. The van der Waals surface area contributed by atoms with Crippen LogP contribution in [0.1, 0.15) is 11.1 Å². The van der Waals surface area contributed by atoms with Crippen LogP contribution in [0.25, 0.3) is 21.8 Å². The topological polar surface area (TPSA) is 102 Å². The number of furan rings is 1. The van der Waals surface area contributed by atoms with E-state index in [2.05, 4.69) is 15.2 Å². The molecule has 0 unspecified atom stereocenters. The SMILES string of the molecule is Cc1ccc(NC(=O)Cn2c(=O)nc(-c3ccco3)c3nc(N4CCOCC4)sc32)c(C)c1. The van der Waals surface area contributed by atoms with Gasteiger partial charge in [-0.05, 0) is 37.6 Å². The van der Waals surface area contributed by atoms with Crippen molar-refractivity contribution in [1.82, 2.24) is 14.5 Å². The van der Waals surface area contributed by atoms with Crippen LogP contribution in [-0.2, 0) is 16.1 Å². The zero-order chi connectivity index (χ0) is 22.9. The predicted octanol–water partition coefficient (Wildman–Crippen LogP) is 3.21. The van der Waals surface area contributed by atoms with E-state index in [0.29, 0.717) is 53.8 Å². The van der Waals surface area contributed by atoms with Gasteiger partial charge in [0.05, 0.1) is 19.5 Å². The third-order valence-corrected chi connectivity index (χ3v) is 6.64. The van der Waals surface area contributed by atoms with Crippen LogP contribution in [0.4, 0.5) is 10.8 Å². The Hall–Kier alpha value is -3.50. The first-order valence-corrected chi connectivity index (χ1v) is 11.5. The van der Waals surface area contributed by atoms with Crippen LogP contribution in [0.5, 0.6) is 0 Å². The number of carbonyl (C=O) groups excluding carboxylic acids is 1. The van der Waals surface area contributed by atoms with E-state index in [9.17, 15) is 9.59 Å². The molecular formula is C23H23N5O4S. The number of rotatable bonds is 5. The smallest absolute Gasteiger partial charge is 0.349 e. The average molecular weight is 466 g/mol. The highest BCUT2D eigenvalue weighted by Gasteiger charge is 2.23. The highest BCUT2D eigenvalue weighted by molar-refractivity contribution is 7.22. The lowest BCUT2D eigenvalue weighted by atomic mass is 10.1. The molecule has 1 aliphatic rings. The van der Waals surface area contributed by atoms with Crippen LogP contribution in [0.15, 0.2) is 45.8 Å². The Labute approximate surface area is 193 Å². The Balaban J connectivity index is 1.54. The van der Waals surface area contributed by atoms with Crippen molar-refractivity contribution in [3.05, 3.63) is 58.2 Å². The maximum Gasteiger partial charge on any atom is 0.349 e. The number of anilines is 2. The van der Waals surface area contributed by atoms with Crippen molar-refractivity contribution in [2.75, 3.05) is 36.5 Å². The largest absolute Gasteiger partial charge is 0.463 e. The molecule has 33 heavy (non-hydrogen) atoms. The Kier molecular flexibility index (Phi) is 5.69. The number of fused-ring (bicyclic) bond motifs is 1. The van der Waals surface area contributed by atoms with Crippen LogP contribution in [-0.4, -0.2) is 46.7 Å². The van der Waals surface area contributed by atoms with Gasteiger partial charge in [0, 0.05) is 18.8 Å². The molecule has 4 aromatic rings. The number of amides is 1. The number of morpholine rings is 1. The first kappa shape index (κ1) is 21.4. The van der Waals surface area contributed by atoms with Crippen LogP contribution in [0.3, 0.4) is 0 Å². The van der Waals surface area contributed by atoms with Gasteiger partial charge in [-0.1, -0.05) is 29.0 Å². The molecule has 4 heterocycles. The van der Waals surface area contributed by atoms with Crippen molar-refractivity contribution in [3.63, 3.8) is 0 Å². The summed E-state index contributed by atoms with van der Waals surface area (Å²) < 4.78 is 12.3. The third kappa shape index (κ3) is 4.27. The molecule has 0 atom stereocenters. The summed E-state index contributed by atoms with van der Waals surface area (Å²) in [6, 6.07) is 9.28. The first-order valence-electron chi connectivity index (χ1n) is 10.6. The average Bonchev–Trinajstić information content (AvgIpc) is 3.49. The number of hydrogen-bond acceptors (Lipinski definition) is 8. The summed E-state index contributed by atoms with van der Waals surface area (Å²) in [5.74, 6) is 0.155. The molecule has 0 bridgehead atoms. The minimum atomic E-state index is -0.526. The minimum Gasteiger partial charge on any atom is -0.463 e. The molecule has 170 valence electrons. The molecule has 1 N–H and O–H groups in total. The van der Waals surface area contributed by atoms with Gasteiger partial charge in [0.2, 0.25) is 5.91 Å². The first-order chi connectivity index (χ1) is 16.0. The van der Waals surface area contributed by atoms with Crippen LogP contribution in [0.2, 0.25) is 0 Å². The molecular weight excluding hydrogens is 442 g/mol. The van der Waals surface area contributed by atoms with E-state index >= 15 is 0 Å². The van der Waals surface area contributed by atoms with Crippen molar-refractivity contribution >= 4 is 38.4 Å². The number of aromatic nitrogens is 3. The predicted molar refractivity (Wildman–Crippen MR) is 127 cm³/mol. The van der Waals surface area contributed by atoms with E-state index in [1.54, 1.807) is 12.1 Å². The van der Waals surface area contributed by atoms with Gasteiger partial charge in [-0.25, -0.2) is 9.78 Å². The lowest BCUT2D eigenvalue weighted by molar-refractivity contribution is -0.116. The summed E-state index contributed by atoms with van der Waals surface area (Å²) in [5, 5.41) is 3.66. The van der Waals surface area contributed by atoms with Crippen molar-refractivity contribution < 1.29 is 13.9 Å². The molecule has 1 aromatic carbocycles. The van der Waals surface area contributed by atoms with Gasteiger partial charge >= 0.3 is 5.69 Å². The van der Waals surface area contributed by atoms with Crippen molar-refractivity contribution in [3.8, 4) is 11.5 Å². The molecule has 3 aromatic heterocycles. The molecule has 0 saturated carbocycles. The quantitative estimate of drug-likeness (QED) is 0.483. The van der Waals surface area contributed by atoms with Gasteiger partial charge in [0.15, 0.2) is 10.9 Å². The van der Waals surface area contributed by atoms with Crippen molar-refractivity contribution in [1.29, 1.82) is 0 Å². The number of hydrogen-bond donors (Lipinski definition) is 1. The maximum absolute atomic E-state index is 13.0. The molecule has 1 fully saturated rings. The zero-order valence-corrected chi connectivity index (χ0v) is 19.1. The number of nitrogens with one attached hydrogen (secondary N) is 1. The minimum absolute atomic E-state index is 0.168. The van der Waals surface area contributed by atoms with Crippen LogP contribution < -0.4 is 15.9 Å². The fourth-order valence-corrected chi connectivity index (χ4v) is 4.95. The number of carbonyl (C=O) groups is 1. The van der Waals surface area contributed by atoms with Gasteiger partial charge in [0.1, 0.15) is 22.6 Å². The summed E-state index contributed by atoms with van der Waals surface area (Å²) in [6.45, 7) is 6.41. The Morgan fingerprint density at radius 3 is 2.73 bits per heavy atom. The standard InChI is InChI=1S/C23H23N5O4S/c1-14-5-6-16(15(2)12-14)24-18(29)13-28-21-20(19(25-22(28)30)17-4-3-9-32-17)26-23(33-21)27-7-10-31-11-8-27/h3-6,9,12H,7-8,10-11,13H2,1-2H3,(H,24,29). The van der Waals surface area contributed by atoms with E-state index in [-0.39, 0.29) is 12.5 Å². The number of thiazole rings is 1. The number of benzene rings is 1. The third-order valence-electron chi connectivity index (χ3n) is 5.50. The summed E-state index contributed by atoms with van der Waals surface area (Å²) in [7, 11) is 0. The number of aryl methyl sites for hydroxylation is 2. The summed E-state index contributed by atoms with van der Waals surface area (Å²) in [5.41, 5.74) is 3.17. The monoisotopic (exact) mass is 465 g/mol. The lowest BCUT2D eigenvalue weighted by Gasteiger charge is -2.25. The maximum atomic E-state index is 13.0. The van der Waals surface area contributed by atoms with Gasteiger partial charge in [-0.2, -0.15) is 4.98 Å². The molecule has 0 aliphatic carbocycles. The second-order valence-electron chi connectivity index (χ2n) is 7.92. The Morgan fingerprint density at radius 2 is 2.00 bits per heavy atom. The van der Waals surface area contributed by atoms with Gasteiger partial charge in [0.25, 0.3) is 0 Å². The second-order valence-corrected chi connectivity index (χ2v) is 8.88. The molecule has 0 spiro atoms. The van der Waals surface area contributed by atoms with E-state index in [1.165, 1.54) is 22.2 Å². The highest BCUT2D eigenvalue weighted by atomic mass is 32.1. The van der Waals surface area contributed by atoms with Crippen molar-refractivity contribution in [2.24, 2.45) is 0 Å². The van der Waals surface area contributed by atoms with E-state index in [4.69, 9.17) is 14.1 Å². The Morgan fingerprint density at radius 1 is 1.18 bits per heavy atom. The van der Waals surface area contributed by atoms with Gasteiger partial charge in [-0.15, -0.1) is 0 Å². The lowest BCUT2D eigenvalue weighted by Crippen LogP contribution is -2.36. The summed E-state index contributed by atoms with van der Waals surface area (Å²) >= 11 is 1.37. The van der Waals surface area contributed by atoms with Crippen LogP contribution in [0, 0.1) is 13.8 Å². The number of nitrogens with zero attached hydrogens (tertiary/aromatic N) is 4. The molecule has 1 aliphatic heterocycles. The fraction of sp³-hybridized carbons (Fsp3) is 0.304. The zero-order valence-electron chi connectivity index (χ0n) is 18.3. The number of ether oxygens (including phenoxy) is 1. The summed E-state index contributed by atoms with van der Waals surface area (Å²) in [4.78, 5) is 37.6. The molecule has 0 radical (unpaired) electrons. The highest BCUT2D eigenvalue weighted by Crippen LogP contribution is 2.33. The molecule has 1 amide bonds. The Bertz CT molecular complexity index is 1370. The van der Waals surface area contributed by atoms with Crippen LogP contribution >= 0.6 is 11.3 Å².